The van der Waals surface area contributed by atoms with Crippen molar-refractivity contribution in [1.29, 1.82) is 0 Å². The maximum Gasteiger partial charge on any atom is 0.469 e. The maximum absolute atomic E-state index is 11.2. The van der Waals surface area contributed by atoms with Crippen LogP contribution in [-0.4, -0.2) is 54.6 Å². The summed E-state index contributed by atoms with van der Waals surface area (Å²) in [7, 11) is -4.77. The van der Waals surface area contributed by atoms with Gasteiger partial charge in [0.25, 0.3) is 0 Å². The summed E-state index contributed by atoms with van der Waals surface area (Å²) in [6.07, 6.45) is 0.244. The first-order chi connectivity index (χ1) is 10.9. The minimum absolute atomic E-state index is 0.0927. The van der Waals surface area contributed by atoms with Crippen LogP contribution in [0.25, 0.3) is 11.2 Å². The monoisotopic (exact) mass is 345 g/mol. The van der Waals surface area contributed by atoms with Crippen LogP contribution in [0.4, 0.5) is 5.82 Å². The molecule has 0 fully saturated rings. The number of nitrogen functional groups attached to an aromatic ring is 1. The van der Waals surface area contributed by atoms with Crippen LogP contribution in [0.5, 0.6) is 0 Å². The number of hydrogen-bond acceptors (Lipinski definition) is 9. The van der Waals surface area contributed by atoms with Gasteiger partial charge in [0.05, 0.1) is 12.9 Å². The highest BCUT2D eigenvalue weighted by molar-refractivity contribution is 7.46. The fraction of sp³-hybridized carbons (Fsp3) is 0.300. The summed E-state index contributed by atoms with van der Waals surface area (Å²) in [6.45, 7) is -0.734. The standard InChI is InChI=1S/C10H12N5O7P/c11-9-8-10(13-4-12-9)15(5-14-8)7(2-17)22-6(1-16)3-21-23(18,19)20/h1-2,4-7H,3H2,(H2,11,12,13)(H2,18,19,20)/t6-,7+/m0/s1. The minimum Gasteiger partial charge on any atom is -0.382 e. The average Bonchev–Trinajstić information content (AvgIpc) is 2.92. The number of carbonyl (C=O) groups is 2. The topological polar surface area (TPSA) is 180 Å². The molecule has 0 aliphatic carbocycles. The number of anilines is 1. The van der Waals surface area contributed by atoms with Gasteiger partial charge in [-0.15, -0.1) is 0 Å². The van der Waals surface area contributed by atoms with Crippen molar-refractivity contribution in [3.63, 3.8) is 0 Å². The lowest BCUT2D eigenvalue weighted by molar-refractivity contribution is -0.139. The molecule has 4 N–H and O–H groups in total. The Labute approximate surface area is 128 Å². The second-order valence-electron chi connectivity index (χ2n) is 4.21. The van der Waals surface area contributed by atoms with E-state index >= 15 is 0 Å². The fourth-order valence-corrected chi connectivity index (χ4v) is 2.02. The predicted molar refractivity (Wildman–Crippen MR) is 73.8 cm³/mol. The normalized spacial score (nSPS) is 14.5. The Bertz CT molecular complexity index is 759. The number of phosphoric ester groups is 1. The smallest absolute Gasteiger partial charge is 0.382 e. The van der Waals surface area contributed by atoms with Crippen molar-refractivity contribution in [2.45, 2.75) is 12.3 Å². The molecule has 0 saturated carbocycles. The third kappa shape index (κ3) is 4.15. The van der Waals surface area contributed by atoms with Crippen LogP contribution in [0, 0.1) is 0 Å². The van der Waals surface area contributed by atoms with E-state index < -0.39 is 26.8 Å². The SMILES string of the molecule is Nc1ncnc2c1ncn2[C@@H](C=O)O[C@@H](C=O)COP(=O)(O)O. The van der Waals surface area contributed by atoms with Crippen LogP contribution in [0.15, 0.2) is 12.7 Å². The van der Waals surface area contributed by atoms with Gasteiger partial charge in [-0.1, -0.05) is 0 Å². The summed E-state index contributed by atoms with van der Waals surface area (Å²) in [4.78, 5) is 51.0. The van der Waals surface area contributed by atoms with Gasteiger partial charge in [0.2, 0.25) is 0 Å². The number of hydrogen-bond donors (Lipinski definition) is 3. The summed E-state index contributed by atoms with van der Waals surface area (Å²) >= 11 is 0. The Morgan fingerprint density at radius 2 is 2.04 bits per heavy atom. The van der Waals surface area contributed by atoms with E-state index in [1.165, 1.54) is 10.9 Å². The van der Waals surface area contributed by atoms with E-state index in [-0.39, 0.29) is 23.3 Å². The molecule has 0 bridgehead atoms. The van der Waals surface area contributed by atoms with Crippen LogP contribution in [0.2, 0.25) is 0 Å². The zero-order chi connectivity index (χ0) is 17.0. The van der Waals surface area contributed by atoms with E-state index in [0.717, 1.165) is 6.33 Å². The Morgan fingerprint density at radius 3 is 2.65 bits per heavy atom. The van der Waals surface area contributed by atoms with Gasteiger partial charge in [0.15, 0.2) is 30.3 Å². The molecule has 0 spiro atoms. The molecule has 2 atom stereocenters. The number of fused-ring (bicyclic) bond motifs is 1. The number of nitrogens with two attached hydrogens (primary N) is 1. The molecular weight excluding hydrogens is 333 g/mol. The molecule has 0 aliphatic heterocycles. The number of aldehydes is 2. The van der Waals surface area contributed by atoms with E-state index in [1.54, 1.807) is 0 Å². The molecule has 124 valence electrons. The molecule has 2 aromatic rings. The van der Waals surface area contributed by atoms with Gasteiger partial charge in [-0.3, -0.25) is 13.9 Å². The summed E-state index contributed by atoms with van der Waals surface area (Å²) in [6, 6.07) is 0. The van der Waals surface area contributed by atoms with E-state index in [9.17, 15) is 14.2 Å². The summed E-state index contributed by atoms with van der Waals surface area (Å²) < 4.78 is 21.2. The van der Waals surface area contributed by atoms with Crippen LogP contribution in [0.3, 0.4) is 0 Å². The number of ether oxygens (including phenoxy) is 1. The van der Waals surface area contributed by atoms with Gasteiger partial charge in [-0.05, 0) is 0 Å². The molecule has 2 rings (SSSR count). The molecule has 0 amide bonds. The number of rotatable bonds is 8. The third-order valence-corrected chi connectivity index (χ3v) is 3.14. The van der Waals surface area contributed by atoms with Crippen molar-refractivity contribution in [2.75, 3.05) is 12.3 Å². The maximum atomic E-state index is 11.2. The highest BCUT2D eigenvalue weighted by atomic mass is 31.2. The van der Waals surface area contributed by atoms with Gasteiger partial charge in [-0.25, -0.2) is 19.5 Å². The molecule has 12 nitrogen and oxygen atoms in total. The van der Waals surface area contributed by atoms with Gasteiger partial charge in [0, 0.05) is 0 Å². The highest BCUT2D eigenvalue weighted by Gasteiger charge is 2.23. The van der Waals surface area contributed by atoms with Crippen LogP contribution >= 0.6 is 7.82 Å². The Balaban J connectivity index is 2.21. The zero-order valence-corrected chi connectivity index (χ0v) is 12.3. The molecule has 0 aromatic carbocycles. The molecule has 0 saturated heterocycles. The zero-order valence-electron chi connectivity index (χ0n) is 11.4. The number of carbonyl (C=O) groups excluding carboxylic acids is 2. The second-order valence-corrected chi connectivity index (χ2v) is 5.45. The van der Waals surface area contributed by atoms with Crippen molar-refractivity contribution in [3.05, 3.63) is 12.7 Å². The first-order valence-corrected chi connectivity index (χ1v) is 7.58. The minimum atomic E-state index is -4.77. The molecule has 13 heteroatoms. The van der Waals surface area contributed by atoms with E-state index in [1.807, 2.05) is 0 Å². The van der Waals surface area contributed by atoms with E-state index in [2.05, 4.69) is 19.5 Å². The van der Waals surface area contributed by atoms with Gasteiger partial charge in [-0.2, -0.15) is 0 Å². The van der Waals surface area contributed by atoms with Crippen LogP contribution in [-0.2, 0) is 23.4 Å². The molecule has 0 aliphatic rings. The number of nitrogens with zero attached hydrogens (tertiary/aromatic N) is 4. The summed E-state index contributed by atoms with van der Waals surface area (Å²) in [5.41, 5.74) is 6.04. The molecule has 0 radical (unpaired) electrons. The van der Waals surface area contributed by atoms with Gasteiger partial charge >= 0.3 is 7.82 Å². The highest BCUT2D eigenvalue weighted by Crippen LogP contribution is 2.35. The largest absolute Gasteiger partial charge is 0.469 e. The average molecular weight is 345 g/mol. The molecule has 0 unspecified atom stereocenters. The van der Waals surface area contributed by atoms with Crippen molar-refractivity contribution >= 4 is 37.4 Å². The number of phosphoric acid groups is 1. The molecule has 2 heterocycles. The van der Waals surface area contributed by atoms with Crippen molar-refractivity contribution in [1.82, 2.24) is 19.5 Å². The second kappa shape index (κ2) is 6.89. The first kappa shape index (κ1) is 17.1. The van der Waals surface area contributed by atoms with Gasteiger partial charge < -0.3 is 25.1 Å². The lowest BCUT2D eigenvalue weighted by Crippen LogP contribution is -2.27. The Hall–Kier alpha value is -2.24. The van der Waals surface area contributed by atoms with Gasteiger partial charge in [0.1, 0.15) is 17.9 Å². The van der Waals surface area contributed by atoms with E-state index in [4.69, 9.17) is 20.3 Å². The van der Waals surface area contributed by atoms with Crippen LogP contribution < -0.4 is 5.73 Å². The lowest BCUT2D eigenvalue weighted by atomic mass is 10.4. The van der Waals surface area contributed by atoms with Crippen molar-refractivity contribution in [2.24, 2.45) is 0 Å². The molecule has 23 heavy (non-hydrogen) atoms. The summed E-state index contributed by atoms with van der Waals surface area (Å²) in [5.74, 6) is 0.0927. The number of imidazole rings is 1. The van der Waals surface area contributed by atoms with Crippen molar-refractivity contribution in [3.8, 4) is 0 Å². The quantitative estimate of drug-likeness (QED) is 0.386. The fourth-order valence-electron chi connectivity index (χ4n) is 1.68. The predicted octanol–water partition coefficient (Wildman–Crippen LogP) is -1.20. The lowest BCUT2D eigenvalue weighted by Gasteiger charge is -2.18. The molecule has 2 aromatic heterocycles. The van der Waals surface area contributed by atoms with Crippen molar-refractivity contribution < 1.29 is 33.2 Å². The first-order valence-electron chi connectivity index (χ1n) is 6.05. The van der Waals surface area contributed by atoms with E-state index in [0.29, 0.717) is 6.29 Å². The third-order valence-electron chi connectivity index (χ3n) is 2.65. The molecular formula is C10H12N5O7P. The van der Waals surface area contributed by atoms with Crippen LogP contribution in [0.1, 0.15) is 6.23 Å². The Morgan fingerprint density at radius 1 is 1.30 bits per heavy atom. The summed E-state index contributed by atoms with van der Waals surface area (Å²) in [5, 5.41) is 0. The number of aromatic nitrogens is 4. The Kier molecular flexibility index (Phi) is 5.13.